The van der Waals surface area contributed by atoms with Crippen molar-refractivity contribution in [2.45, 2.75) is 31.7 Å². The lowest BCUT2D eigenvalue weighted by Crippen LogP contribution is -2.35. The highest BCUT2D eigenvalue weighted by Gasteiger charge is 2.15. The van der Waals surface area contributed by atoms with Gasteiger partial charge in [0, 0.05) is 6.04 Å². The Labute approximate surface area is 94.9 Å². The van der Waals surface area contributed by atoms with E-state index < -0.39 is 0 Å². The highest BCUT2D eigenvalue weighted by Crippen LogP contribution is 2.20. The summed E-state index contributed by atoms with van der Waals surface area (Å²) in [6, 6.07) is 6.78. The first-order valence-corrected chi connectivity index (χ1v) is 5.98. The molecule has 1 saturated heterocycles. The quantitative estimate of drug-likeness (QED) is 0.838. The van der Waals surface area contributed by atoms with Gasteiger partial charge in [-0.25, -0.2) is 4.98 Å². The molecule has 1 aliphatic rings. The molecule has 1 atom stereocenters. The molecule has 2 aromatic rings. The molecular formula is C13H16N2O. The third kappa shape index (κ3) is 1.83. The van der Waals surface area contributed by atoms with Crippen LogP contribution in [0.5, 0.6) is 0 Å². The number of nitrogens with one attached hydrogen (secondary N) is 1. The number of piperidine rings is 1. The lowest BCUT2D eigenvalue weighted by atomic mass is 9.97. The SMILES string of the molecule is c1cc(CC2CCCCN2)c2ncoc2c1. The number of benzene rings is 1. The van der Waals surface area contributed by atoms with Gasteiger partial charge in [-0.3, -0.25) is 0 Å². The maximum Gasteiger partial charge on any atom is 0.181 e. The summed E-state index contributed by atoms with van der Waals surface area (Å²) in [4.78, 5) is 4.29. The molecule has 1 aliphatic heterocycles. The van der Waals surface area contributed by atoms with E-state index in [1.165, 1.54) is 31.2 Å². The zero-order valence-corrected chi connectivity index (χ0v) is 9.28. The fourth-order valence-corrected chi connectivity index (χ4v) is 2.47. The fourth-order valence-electron chi connectivity index (χ4n) is 2.47. The van der Waals surface area contributed by atoms with Crippen LogP contribution in [0.1, 0.15) is 24.8 Å². The molecule has 3 heteroatoms. The summed E-state index contributed by atoms with van der Waals surface area (Å²) in [6.45, 7) is 1.15. The molecule has 0 amide bonds. The van der Waals surface area contributed by atoms with Crippen LogP contribution < -0.4 is 5.32 Å². The van der Waals surface area contributed by atoms with Gasteiger partial charge in [0.05, 0.1) is 0 Å². The highest BCUT2D eigenvalue weighted by atomic mass is 16.3. The zero-order chi connectivity index (χ0) is 10.8. The first-order chi connectivity index (χ1) is 7.93. The van der Waals surface area contributed by atoms with E-state index in [9.17, 15) is 0 Å². The van der Waals surface area contributed by atoms with Crippen molar-refractivity contribution in [2.24, 2.45) is 0 Å². The molecular weight excluding hydrogens is 200 g/mol. The molecule has 3 nitrogen and oxygen atoms in total. The first kappa shape index (κ1) is 9.85. The highest BCUT2D eigenvalue weighted by molar-refractivity contribution is 5.76. The van der Waals surface area contributed by atoms with Crippen molar-refractivity contribution >= 4 is 11.1 Å². The van der Waals surface area contributed by atoms with Crippen LogP contribution in [-0.4, -0.2) is 17.6 Å². The molecule has 1 N–H and O–H groups in total. The number of aromatic nitrogens is 1. The monoisotopic (exact) mass is 216 g/mol. The topological polar surface area (TPSA) is 38.1 Å². The van der Waals surface area contributed by atoms with Gasteiger partial charge in [0.2, 0.25) is 0 Å². The van der Waals surface area contributed by atoms with E-state index in [2.05, 4.69) is 16.4 Å². The summed E-state index contributed by atoms with van der Waals surface area (Å²) in [5, 5.41) is 3.57. The first-order valence-electron chi connectivity index (χ1n) is 5.98. The Balaban J connectivity index is 1.85. The third-order valence-electron chi connectivity index (χ3n) is 3.32. The molecule has 1 unspecified atom stereocenters. The summed E-state index contributed by atoms with van der Waals surface area (Å²) >= 11 is 0. The van der Waals surface area contributed by atoms with Gasteiger partial charge >= 0.3 is 0 Å². The average molecular weight is 216 g/mol. The normalized spacial score (nSPS) is 21.4. The maximum atomic E-state index is 5.32. The van der Waals surface area contributed by atoms with Crippen LogP contribution in [0.2, 0.25) is 0 Å². The molecule has 2 heterocycles. The van der Waals surface area contributed by atoms with E-state index in [4.69, 9.17) is 4.42 Å². The van der Waals surface area contributed by atoms with E-state index in [1.54, 1.807) is 0 Å². The molecule has 0 aliphatic carbocycles. The molecule has 0 radical (unpaired) electrons. The van der Waals surface area contributed by atoms with Gasteiger partial charge in [-0.15, -0.1) is 0 Å². The van der Waals surface area contributed by atoms with Crippen LogP contribution in [-0.2, 0) is 6.42 Å². The van der Waals surface area contributed by atoms with Crippen molar-refractivity contribution < 1.29 is 4.42 Å². The number of hydrogen-bond donors (Lipinski definition) is 1. The lowest BCUT2D eigenvalue weighted by molar-refractivity contribution is 0.400. The van der Waals surface area contributed by atoms with Crippen molar-refractivity contribution in [3.8, 4) is 0 Å². The van der Waals surface area contributed by atoms with Crippen LogP contribution in [0.4, 0.5) is 0 Å². The molecule has 3 rings (SSSR count). The Bertz CT molecular complexity index is 471. The summed E-state index contributed by atoms with van der Waals surface area (Å²) in [6.07, 6.45) is 6.51. The number of oxazole rings is 1. The van der Waals surface area contributed by atoms with Gasteiger partial charge in [0.15, 0.2) is 12.0 Å². The second-order valence-electron chi connectivity index (χ2n) is 4.47. The summed E-state index contributed by atoms with van der Waals surface area (Å²) < 4.78 is 5.32. The molecule has 0 spiro atoms. The average Bonchev–Trinajstić information content (AvgIpc) is 2.80. The van der Waals surface area contributed by atoms with E-state index in [1.807, 2.05) is 12.1 Å². The Morgan fingerprint density at radius 1 is 1.38 bits per heavy atom. The molecule has 84 valence electrons. The maximum absolute atomic E-state index is 5.32. The minimum absolute atomic E-state index is 0.607. The molecule has 1 aromatic heterocycles. The standard InChI is InChI=1S/C13H16N2O/c1-2-7-14-11(5-1)8-10-4-3-6-12-13(10)15-9-16-12/h3-4,6,9,11,14H,1-2,5,7-8H2. The van der Waals surface area contributed by atoms with Crippen molar-refractivity contribution in [1.82, 2.24) is 10.3 Å². The van der Waals surface area contributed by atoms with Gasteiger partial charge in [0.1, 0.15) is 5.52 Å². The number of nitrogens with zero attached hydrogens (tertiary/aromatic N) is 1. The Morgan fingerprint density at radius 3 is 3.25 bits per heavy atom. The van der Waals surface area contributed by atoms with Gasteiger partial charge in [0.25, 0.3) is 0 Å². The minimum atomic E-state index is 0.607. The Morgan fingerprint density at radius 2 is 2.38 bits per heavy atom. The van der Waals surface area contributed by atoms with Crippen molar-refractivity contribution in [1.29, 1.82) is 0 Å². The van der Waals surface area contributed by atoms with E-state index in [0.717, 1.165) is 24.1 Å². The molecule has 1 fully saturated rings. The Kier molecular flexibility index (Phi) is 2.62. The second-order valence-corrected chi connectivity index (χ2v) is 4.47. The molecule has 0 bridgehead atoms. The number of para-hydroxylation sites is 1. The summed E-state index contributed by atoms with van der Waals surface area (Å²) in [7, 11) is 0. The van der Waals surface area contributed by atoms with Gasteiger partial charge in [-0.1, -0.05) is 18.6 Å². The second kappa shape index (κ2) is 4.26. The molecule has 1 aromatic carbocycles. The minimum Gasteiger partial charge on any atom is -0.443 e. The predicted molar refractivity (Wildman–Crippen MR) is 63.4 cm³/mol. The van der Waals surface area contributed by atoms with E-state index in [0.29, 0.717) is 6.04 Å². The van der Waals surface area contributed by atoms with Crippen LogP contribution in [0.25, 0.3) is 11.1 Å². The largest absolute Gasteiger partial charge is 0.443 e. The van der Waals surface area contributed by atoms with Crippen molar-refractivity contribution in [2.75, 3.05) is 6.54 Å². The van der Waals surface area contributed by atoms with Crippen LogP contribution >= 0.6 is 0 Å². The summed E-state index contributed by atoms with van der Waals surface area (Å²) in [5.74, 6) is 0. The number of rotatable bonds is 2. The summed E-state index contributed by atoms with van der Waals surface area (Å²) in [5.41, 5.74) is 3.22. The van der Waals surface area contributed by atoms with Gasteiger partial charge < -0.3 is 9.73 Å². The smallest absolute Gasteiger partial charge is 0.181 e. The van der Waals surface area contributed by atoms with Crippen LogP contribution in [0.3, 0.4) is 0 Å². The van der Waals surface area contributed by atoms with E-state index >= 15 is 0 Å². The van der Waals surface area contributed by atoms with Gasteiger partial charge in [-0.2, -0.15) is 0 Å². The number of fused-ring (bicyclic) bond motifs is 1. The lowest BCUT2D eigenvalue weighted by Gasteiger charge is -2.23. The molecule has 0 saturated carbocycles. The van der Waals surface area contributed by atoms with Crippen LogP contribution in [0, 0.1) is 0 Å². The number of hydrogen-bond acceptors (Lipinski definition) is 3. The van der Waals surface area contributed by atoms with Gasteiger partial charge in [-0.05, 0) is 37.4 Å². The van der Waals surface area contributed by atoms with Crippen molar-refractivity contribution in [3.05, 3.63) is 30.2 Å². The predicted octanol–water partition coefficient (Wildman–Crippen LogP) is 2.51. The van der Waals surface area contributed by atoms with E-state index in [-0.39, 0.29) is 0 Å². The zero-order valence-electron chi connectivity index (χ0n) is 9.28. The third-order valence-corrected chi connectivity index (χ3v) is 3.32. The Hall–Kier alpha value is -1.35. The fraction of sp³-hybridized carbons (Fsp3) is 0.462. The van der Waals surface area contributed by atoms with Crippen LogP contribution in [0.15, 0.2) is 29.0 Å². The molecule has 16 heavy (non-hydrogen) atoms. The van der Waals surface area contributed by atoms with Crippen molar-refractivity contribution in [3.63, 3.8) is 0 Å².